The molecule has 118 valence electrons. The number of H-pyrrole nitrogens is 1. The van der Waals surface area contributed by atoms with Crippen LogP contribution in [0.4, 0.5) is 5.69 Å². The predicted octanol–water partition coefficient (Wildman–Crippen LogP) is 3.70. The molecule has 5 nitrogen and oxygen atoms in total. The molecule has 2 aromatic heterocycles. The molecule has 0 unspecified atom stereocenters. The van der Waals surface area contributed by atoms with Crippen molar-refractivity contribution in [1.82, 2.24) is 9.97 Å². The number of hydrogen-bond acceptors (Lipinski definition) is 3. The number of aromatic amines is 1. The molecule has 5 heteroatoms. The van der Waals surface area contributed by atoms with Crippen LogP contribution in [-0.4, -0.2) is 22.5 Å². The number of nitrogens with one attached hydrogen (secondary N) is 2. The fraction of sp³-hybridized carbons (Fsp3) is 0.222. The first-order chi connectivity index (χ1) is 11.1. The standard InChI is InChI=1S/C18H19N3O2/c1-12(2)14-10-20-15-4-3-5-16(18(14)15)23-11-17(22)21-13-6-8-19-9-7-13/h3-10,12,20H,11H2,1-2H3,(H,19,21,22). The summed E-state index contributed by atoms with van der Waals surface area (Å²) in [5.41, 5.74) is 2.90. The van der Waals surface area contributed by atoms with E-state index >= 15 is 0 Å². The van der Waals surface area contributed by atoms with Gasteiger partial charge in [0.2, 0.25) is 0 Å². The first-order valence-electron chi connectivity index (χ1n) is 7.58. The number of carbonyl (C=O) groups is 1. The molecule has 0 radical (unpaired) electrons. The van der Waals surface area contributed by atoms with Gasteiger partial charge in [-0.3, -0.25) is 9.78 Å². The summed E-state index contributed by atoms with van der Waals surface area (Å²) in [5.74, 6) is 0.895. The van der Waals surface area contributed by atoms with E-state index in [0.29, 0.717) is 11.6 Å². The number of benzene rings is 1. The number of rotatable bonds is 5. The lowest BCUT2D eigenvalue weighted by molar-refractivity contribution is -0.118. The Morgan fingerprint density at radius 1 is 1.26 bits per heavy atom. The van der Waals surface area contributed by atoms with Crippen molar-refractivity contribution in [2.45, 2.75) is 19.8 Å². The minimum absolute atomic E-state index is 0.0375. The van der Waals surface area contributed by atoms with E-state index < -0.39 is 0 Å². The third-order valence-electron chi connectivity index (χ3n) is 3.64. The Hall–Kier alpha value is -2.82. The van der Waals surface area contributed by atoms with Gasteiger partial charge in [0.25, 0.3) is 5.91 Å². The lowest BCUT2D eigenvalue weighted by Gasteiger charge is -2.10. The Bertz CT molecular complexity index is 810. The van der Waals surface area contributed by atoms with E-state index in [2.05, 4.69) is 29.1 Å². The second kappa shape index (κ2) is 6.52. The third kappa shape index (κ3) is 3.34. The number of aromatic nitrogens is 2. The highest BCUT2D eigenvalue weighted by Crippen LogP contribution is 2.32. The second-order valence-electron chi connectivity index (χ2n) is 5.65. The van der Waals surface area contributed by atoms with Gasteiger partial charge >= 0.3 is 0 Å². The van der Waals surface area contributed by atoms with Gasteiger partial charge in [-0.05, 0) is 35.7 Å². The predicted molar refractivity (Wildman–Crippen MR) is 90.7 cm³/mol. The van der Waals surface area contributed by atoms with Crippen molar-refractivity contribution >= 4 is 22.5 Å². The maximum absolute atomic E-state index is 12.0. The normalized spacial score (nSPS) is 10.9. The highest BCUT2D eigenvalue weighted by Gasteiger charge is 2.13. The van der Waals surface area contributed by atoms with Gasteiger partial charge in [-0.15, -0.1) is 0 Å². The molecule has 3 aromatic rings. The average molecular weight is 309 g/mol. The number of amides is 1. The van der Waals surface area contributed by atoms with Gasteiger partial charge < -0.3 is 15.0 Å². The summed E-state index contributed by atoms with van der Waals surface area (Å²) in [5, 5.41) is 3.82. The summed E-state index contributed by atoms with van der Waals surface area (Å²) in [6, 6.07) is 9.29. The van der Waals surface area contributed by atoms with E-state index in [1.165, 1.54) is 5.56 Å². The Kier molecular flexibility index (Phi) is 4.28. The molecular weight excluding hydrogens is 290 g/mol. The van der Waals surface area contributed by atoms with Crippen molar-refractivity contribution in [1.29, 1.82) is 0 Å². The topological polar surface area (TPSA) is 67.0 Å². The van der Waals surface area contributed by atoms with Crippen molar-refractivity contribution in [3.63, 3.8) is 0 Å². The Morgan fingerprint density at radius 3 is 2.78 bits per heavy atom. The molecule has 2 N–H and O–H groups in total. The van der Waals surface area contributed by atoms with Gasteiger partial charge in [0, 0.05) is 35.2 Å². The molecule has 1 amide bonds. The summed E-state index contributed by atoms with van der Waals surface area (Å²) >= 11 is 0. The molecule has 0 fully saturated rings. The fourth-order valence-corrected chi connectivity index (χ4v) is 2.53. The zero-order chi connectivity index (χ0) is 16.2. The van der Waals surface area contributed by atoms with Crippen LogP contribution in [-0.2, 0) is 4.79 Å². The van der Waals surface area contributed by atoms with E-state index in [9.17, 15) is 4.79 Å². The molecule has 2 heterocycles. The molecule has 0 saturated carbocycles. The average Bonchev–Trinajstić information content (AvgIpc) is 2.99. The van der Waals surface area contributed by atoms with Crippen LogP contribution in [0.25, 0.3) is 10.9 Å². The molecule has 0 atom stereocenters. The minimum Gasteiger partial charge on any atom is -0.483 e. The first kappa shape index (κ1) is 15.1. The zero-order valence-corrected chi connectivity index (χ0v) is 13.2. The lowest BCUT2D eigenvalue weighted by atomic mass is 10.0. The molecule has 3 rings (SSSR count). The van der Waals surface area contributed by atoms with Crippen molar-refractivity contribution in [3.8, 4) is 5.75 Å². The largest absolute Gasteiger partial charge is 0.483 e. The summed E-state index contributed by atoms with van der Waals surface area (Å²) < 4.78 is 5.75. The van der Waals surface area contributed by atoms with E-state index in [1.54, 1.807) is 24.5 Å². The van der Waals surface area contributed by atoms with Crippen LogP contribution in [0.15, 0.2) is 48.9 Å². The molecule has 23 heavy (non-hydrogen) atoms. The van der Waals surface area contributed by atoms with Crippen molar-refractivity contribution in [2.24, 2.45) is 0 Å². The minimum atomic E-state index is -0.199. The number of nitrogens with zero attached hydrogens (tertiary/aromatic N) is 1. The summed E-state index contributed by atoms with van der Waals surface area (Å²) in [4.78, 5) is 19.2. The van der Waals surface area contributed by atoms with Gasteiger partial charge in [-0.25, -0.2) is 0 Å². The van der Waals surface area contributed by atoms with Crippen LogP contribution in [0.5, 0.6) is 5.75 Å². The lowest BCUT2D eigenvalue weighted by Crippen LogP contribution is -2.20. The number of pyridine rings is 1. The van der Waals surface area contributed by atoms with Crippen molar-refractivity contribution < 1.29 is 9.53 Å². The molecule has 0 aliphatic heterocycles. The first-order valence-corrected chi connectivity index (χ1v) is 7.58. The Labute approximate surface area is 134 Å². The molecule has 0 aliphatic carbocycles. The third-order valence-corrected chi connectivity index (χ3v) is 3.64. The summed E-state index contributed by atoms with van der Waals surface area (Å²) in [6.45, 7) is 4.23. The fourth-order valence-electron chi connectivity index (χ4n) is 2.53. The van der Waals surface area contributed by atoms with Crippen LogP contribution in [0, 0.1) is 0 Å². The monoisotopic (exact) mass is 309 g/mol. The quantitative estimate of drug-likeness (QED) is 0.755. The van der Waals surface area contributed by atoms with Gasteiger partial charge in [0.15, 0.2) is 6.61 Å². The van der Waals surface area contributed by atoms with E-state index in [1.807, 2.05) is 24.4 Å². The maximum Gasteiger partial charge on any atom is 0.262 e. The molecule has 1 aromatic carbocycles. The van der Waals surface area contributed by atoms with Crippen LogP contribution in [0.2, 0.25) is 0 Å². The van der Waals surface area contributed by atoms with Crippen LogP contribution < -0.4 is 10.1 Å². The van der Waals surface area contributed by atoms with Crippen LogP contribution in [0.3, 0.4) is 0 Å². The van der Waals surface area contributed by atoms with Gasteiger partial charge in [-0.2, -0.15) is 0 Å². The Morgan fingerprint density at radius 2 is 2.04 bits per heavy atom. The second-order valence-corrected chi connectivity index (χ2v) is 5.65. The molecular formula is C18H19N3O2. The highest BCUT2D eigenvalue weighted by atomic mass is 16.5. The summed E-state index contributed by atoms with van der Waals surface area (Å²) in [6.07, 6.45) is 5.26. The van der Waals surface area contributed by atoms with Crippen LogP contribution >= 0.6 is 0 Å². The Balaban J connectivity index is 1.74. The van der Waals surface area contributed by atoms with Crippen molar-refractivity contribution in [2.75, 3.05) is 11.9 Å². The molecule has 0 saturated heterocycles. The van der Waals surface area contributed by atoms with E-state index in [-0.39, 0.29) is 12.5 Å². The smallest absolute Gasteiger partial charge is 0.262 e. The van der Waals surface area contributed by atoms with Crippen LogP contribution in [0.1, 0.15) is 25.3 Å². The maximum atomic E-state index is 12.0. The van der Waals surface area contributed by atoms with Crippen molar-refractivity contribution in [3.05, 3.63) is 54.5 Å². The number of hydrogen-bond donors (Lipinski definition) is 2. The number of anilines is 1. The molecule has 0 spiro atoms. The molecule has 0 aliphatic rings. The van der Waals surface area contributed by atoms with Gasteiger partial charge in [0.05, 0.1) is 0 Å². The summed E-state index contributed by atoms with van der Waals surface area (Å²) in [7, 11) is 0. The SMILES string of the molecule is CC(C)c1c[nH]c2cccc(OCC(=O)Nc3ccncc3)c12. The molecule has 0 bridgehead atoms. The zero-order valence-electron chi connectivity index (χ0n) is 13.2. The van der Waals surface area contributed by atoms with Gasteiger partial charge in [0.1, 0.15) is 5.75 Å². The number of ether oxygens (including phenoxy) is 1. The van der Waals surface area contributed by atoms with E-state index in [0.717, 1.165) is 16.7 Å². The number of fused-ring (bicyclic) bond motifs is 1. The van der Waals surface area contributed by atoms with Gasteiger partial charge in [-0.1, -0.05) is 19.9 Å². The van der Waals surface area contributed by atoms with E-state index in [4.69, 9.17) is 4.74 Å². The number of carbonyl (C=O) groups excluding carboxylic acids is 1. The highest BCUT2D eigenvalue weighted by molar-refractivity contribution is 5.93.